The molecule has 1 aliphatic rings. The molecular weight excluding hydrogens is 210 g/mol. The maximum absolute atomic E-state index is 5.60. The van der Waals surface area contributed by atoms with Gasteiger partial charge in [0.05, 0.1) is 6.54 Å². The predicted molar refractivity (Wildman–Crippen MR) is 70.6 cm³/mol. The van der Waals surface area contributed by atoms with Gasteiger partial charge in [0.15, 0.2) is 0 Å². The van der Waals surface area contributed by atoms with Crippen molar-refractivity contribution in [2.75, 3.05) is 19.7 Å². The van der Waals surface area contributed by atoms with E-state index < -0.39 is 0 Å². The van der Waals surface area contributed by atoms with Crippen LogP contribution in [0.15, 0.2) is 54.8 Å². The molecule has 0 saturated carbocycles. The van der Waals surface area contributed by atoms with Crippen LogP contribution in [0.4, 0.5) is 0 Å². The van der Waals surface area contributed by atoms with Crippen molar-refractivity contribution in [1.82, 2.24) is 4.90 Å². The molecule has 1 heterocycles. The van der Waals surface area contributed by atoms with Crippen molar-refractivity contribution >= 4 is 0 Å². The Morgan fingerprint density at radius 2 is 2.12 bits per heavy atom. The van der Waals surface area contributed by atoms with E-state index in [1.165, 1.54) is 5.56 Å². The van der Waals surface area contributed by atoms with Crippen LogP contribution in [0.2, 0.25) is 0 Å². The van der Waals surface area contributed by atoms with Crippen LogP contribution in [0.3, 0.4) is 0 Å². The molecule has 17 heavy (non-hydrogen) atoms. The van der Waals surface area contributed by atoms with Crippen molar-refractivity contribution in [1.29, 1.82) is 0 Å². The molecule has 0 saturated heterocycles. The highest BCUT2D eigenvalue weighted by atomic mass is 16.5. The van der Waals surface area contributed by atoms with Gasteiger partial charge in [0, 0.05) is 13.1 Å². The Bertz CT molecular complexity index is 383. The molecule has 0 aliphatic carbocycles. The van der Waals surface area contributed by atoms with Crippen molar-refractivity contribution in [2.45, 2.75) is 13.0 Å². The number of hydrogen-bond acceptors (Lipinski definition) is 2. The molecule has 90 valence electrons. The SMILES string of the molecule is C=CCOC1=CCCN(Cc2ccccc2)C1. The van der Waals surface area contributed by atoms with Crippen molar-refractivity contribution in [3.05, 3.63) is 60.4 Å². The highest BCUT2D eigenvalue weighted by Gasteiger charge is 2.13. The second-order valence-electron chi connectivity index (χ2n) is 4.26. The molecule has 0 radical (unpaired) electrons. The summed E-state index contributed by atoms with van der Waals surface area (Å²) in [4.78, 5) is 2.41. The van der Waals surface area contributed by atoms with Gasteiger partial charge in [-0.25, -0.2) is 0 Å². The van der Waals surface area contributed by atoms with Gasteiger partial charge in [-0.2, -0.15) is 0 Å². The van der Waals surface area contributed by atoms with Gasteiger partial charge in [-0.1, -0.05) is 43.0 Å². The molecule has 0 fully saturated rings. The second-order valence-corrected chi connectivity index (χ2v) is 4.26. The third-order valence-electron chi connectivity index (χ3n) is 2.83. The minimum Gasteiger partial charge on any atom is -0.493 e. The fourth-order valence-electron chi connectivity index (χ4n) is 2.02. The van der Waals surface area contributed by atoms with Crippen molar-refractivity contribution in [2.24, 2.45) is 0 Å². The van der Waals surface area contributed by atoms with E-state index in [9.17, 15) is 0 Å². The third-order valence-corrected chi connectivity index (χ3v) is 2.83. The Balaban J connectivity index is 1.87. The van der Waals surface area contributed by atoms with Crippen LogP contribution in [0.1, 0.15) is 12.0 Å². The molecule has 2 heteroatoms. The number of rotatable bonds is 5. The van der Waals surface area contributed by atoms with Crippen LogP contribution in [0.5, 0.6) is 0 Å². The van der Waals surface area contributed by atoms with E-state index in [2.05, 4.69) is 47.9 Å². The maximum atomic E-state index is 5.60. The molecule has 0 unspecified atom stereocenters. The summed E-state index contributed by atoms with van der Waals surface area (Å²) in [6.07, 6.45) is 5.04. The lowest BCUT2D eigenvalue weighted by atomic mass is 10.1. The molecule has 1 aromatic rings. The fraction of sp³-hybridized carbons (Fsp3) is 0.333. The lowest BCUT2D eigenvalue weighted by Gasteiger charge is -2.26. The predicted octanol–water partition coefficient (Wildman–Crippen LogP) is 2.98. The zero-order chi connectivity index (χ0) is 11.9. The molecule has 0 aromatic heterocycles. The summed E-state index contributed by atoms with van der Waals surface area (Å²) in [5.41, 5.74) is 1.36. The van der Waals surface area contributed by atoms with Gasteiger partial charge >= 0.3 is 0 Å². The van der Waals surface area contributed by atoms with Gasteiger partial charge in [-0.3, -0.25) is 4.90 Å². The number of benzene rings is 1. The topological polar surface area (TPSA) is 12.5 Å². The van der Waals surface area contributed by atoms with Gasteiger partial charge in [0.2, 0.25) is 0 Å². The fourth-order valence-corrected chi connectivity index (χ4v) is 2.02. The first-order valence-corrected chi connectivity index (χ1v) is 6.07. The van der Waals surface area contributed by atoms with Crippen LogP contribution in [-0.4, -0.2) is 24.6 Å². The van der Waals surface area contributed by atoms with E-state index in [4.69, 9.17) is 4.74 Å². The molecule has 1 aliphatic heterocycles. The van der Waals surface area contributed by atoms with E-state index in [0.29, 0.717) is 6.61 Å². The minimum absolute atomic E-state index is 0.602. The zero-order valence-electron chi connectivity index (χ0n) is 10.1. The molecular formula is C15H19NO. The van der Waals surface area contributed by atoms with Crippen LogP contribution in [0, 0.1) is 0 Å². The molecule has 2 rings (SSSR count). The Labute approximate surface area is 103 Å². The molecule has 2 nitrogen and oxygen atoms in total. The molecule has 0 N–H and O–H groups in total. The van der Waals surface area contributed by atoms with Gasteiger partial charge in [0.1, 0.15) is 12.4 Å². The highest BCUT2D eigenvalue weighted by molar-refractivity contribution is 5.15. The van der Waals surface area contributed by atoms with Crippen LogP contribution < -0.4 is 0 Å². The van der Waals surface area contributed by atoms with Gasteiger partial charge in [-0.05, 0) is 18.1 Å². The second kappa shape index (κ2) is 6.26. The normalized spacial score (nSPS) is 16.4. The number of ether oxygens (including phenoxy) is 1. The first-order chi connectivity index (χ1) is 8.38. The summed E-state index contributed by atoms with van der Waals surface area (Å²) >= 11 is 0. The average Bonchev–Trinajstić information content (AvgIpc) is 2.38. The monoisotopic (exact) mass is 229 g/mol. The molecule has 0 bridgehead atoms. The smallest absolute Gasteiger partial charge is 0.107 e. The molecule has 0 spiro atoms. The molecule has 1 aromatic carbocycles. The summed E-state index contributed by atoms with van der Waals surface area (Å²) in [5, 5.41) is 0. The Hall–Kier alpha value is -1.54. The van der Waals surface area contributed by atoms with E-state index in [-0.39, 0.29) is 0 Å². The quantitative estimate of drug-likeness (QED) is 0.720. The van der Waals surface area contributed by atoms with E-state index in [1.54, 1.807) is 6.08 Å². The molecule has 0 amide bonds. The lowest BCUT2D eigenvalue weighted by molar-refractivity contribution is 0.173. The minimum atomic E-state index is 0.602. The van der Waals surface area contributed by atoms with E-state index in [1.807, 2.05) is 0 Å². The van der Waals surface area contributed by atoms with Crippen LogP contribution in [-0.2, 0) is 11.3 Å². The average molecular weight is 229 g/mol. The summed E-state index contributed by atoms with van der Waals surface area (Å²) < 4.78 is 5.60. The number of hydrogen-bond donors (Lipinski definition) is 0. The summed E-state index contributed by atoms with van der Waals surface area (Å²) in [7, 11) is 0. The standard InChI is InChI=1S/C15H19NO/c1-2-11-17-15-9-6-10-16(13-15)12-14-7-4-3-5-8-14/h2-5,7-9H,1,6,10-13H2. The largest absolute Gasteiger partial charge is 0.493 e. The van der Waals surface area contributed by atoms with Crippen molar-refractivity contribution < 1.29 is 4.74 Å². The number of nitrogens with zero attached hydrogens (tertiary/aromatic N) is 1. The van der Waals surface area contributed by atoms with Crippen molar-refractivity contribution in [3.8, 4) is 0 Å². The van der Waals surface area contributed by atoms with Gasteiger partial charge < -0.3 is 4.74 Å². The summed E-state index contributed by atoms with van der Waals surface area (Å²) in [6, 6.07) is 10.6. The Morgan fingerprint density at radius 3 is 2.88 bits per heavy atom. The zero-order valence-corrected chi connectivity index (χ0v) is 10.1. The van der Waals surface area contributed by atoms with Crippen LogP contribution >= 0.6 is 0 Å². The molecule has 0 atom stereocenters. The Morgan fingerprint density at radius 1 is 1.29 bits per heavy atom. The first-order valence-electron chi connectivity index (χ1n) is 6.07. The lowest BCUT2D eigenvalue weighted by Crippen LogP contribution is -2.30. The highest BCUT2D eigenvalue weighted by Crippen LogP contribution is 2.14. The summed E-state index contributed by atoms with van der Waals surface area (Å²) in [5.74, 6) is 1.08. The third kappa shape index (κ3) is 3.75. The Kier molecular flexibility index (Phi) is 4.39. The van der Waals surface area contributed by atoms with E-state index in [0.717, 1.165) is 31.8 Å². The summed E-state index contributed by atoms with van der Waals surface area (Å²) in [6.45, 7) is 7.28. The first kappa shape index (κ1) is 11.9. The van der Waals surface area contributed by atoms with Crippen LogP contribution in [0.25, 0.3) is 0 Å². The van der Waals surface area contributed by atoms with Gasteiger partial charge in [0.25, 0.3) is 0 Å². The van der Waals surface area contributed by atoms with E-state index >= 15 is 0 Å². The maximum Gasteiger partial charge on any atom is 0.107 e. The van der Waals surface area contributed by atoms with Gasteiger partial charge in [-0.15, -0.1) is 0 Å². The van der Waals surface area contributed by atoms with Crippen molar-refractivity contribution in [3.63, 3.8) is 0 Å².